The number of nitrogens with one attached hydrogen (secondary N) is 1. The van der Waals surface area contributed by atoms with E-state index in [1.165, 1.54) is 12.1 Å². The molecule has 0 amide bonds. The summed E-state index contributed by atoms with van der Waals surface area (Å²) in [5.74, 6) is 4.69. The van der Waals surface area contributed by atoms with E-state index < -0.39 is 11.9 Å². The molecule has 2 nitrogen and oxygen atoms in total. The van der Waals surface area contributed by atoms with Gasteiger partial charge in [0.25, 0.3) is 0 Å². The van der Waals surface area contributed by atoms with Crippen molar-refractivity contribution in [3.8, 4) is 0 Å². The minimum atomic E-state index is -0.509. The van der Waals surface area contributed by atoms with E-state index in [-0.39, 0.29) is 12.2 Å². The van der Waals surface area contributed by atoms with Gasteiger partial charge in [-0.05, 0) is 37.1 Å². The Morgan fingerprint density at radius 3 is 2.55 bits per heavy atom. The van der Waals surface area contributed by atoms with Crippen LogP contribution < -0.4 is 11.3 Å². The van der Waals surface area contributed by atoms with Gasteiger partial charge in [0.1, 0.15) is 11.6 Å². The highest BCUT2D eigenvalue weighted by Crippen LogP contribution is 2.24. The van der Waals surface area contributed by atoms with Crippen LogP contribution in [0.5, 0.6) is 0 Å². The van der Waals surface area contributed by atoms with Crippen molar-refractivity contribution in [2.45, 2.75) is 19.4 Å². The van der Waals surface area contributed by atoms with Gasteiger partial charge in [-0.1, -0.05) is 35.4 Å². The zero-order valence-corrected chi connectivity index (χ0v) is 11.7. The van der Waals surface area contributed by atoms with Crippen LogP contribution in [0.1, 0.15) is 22.7 Å². The molecule has 0 aliphatic carbocycles. The maximum atomic E-state index is 13.9. The van der Waals surface area contributed by atoms with Gasteiger partial charge in [-0.3, -0.25) is 11.3 Å². The largest absolute Gasteiger partial charge is 0.271 e. The number of rotatable bonds is 4. The molecule has 0 aromatic heterocycles. The fraction of sp³-hybridized carbons (Fsp3) is 0.200. The number of aryl methyl sites for hydroxylation is 1. The molecule has 0 radical (unpaired) electrons. The van der Waals surface area contributed by atoms with Gasteiger partial charge in [-0.15, -0.1) is 0 Å². The lowest BCUT2D eigenvalue weighted by molar-refractivity contribution is 0.498. The Bertz CT molecular complexity index is 617. The van der Waals surface area contributed by atoms with E-state index in [4.69, 9.17) is 17.4 Å². The van der Waals surface area contributed by atoms with Crippen molar-refractivity contribution in [3.63, 3.8) is 0 Å². The number of hydrazine groups is 1. The summed E-state index contributed by atoms with van der Waals surface area (Å²) >= 11 is 5.71. The first-order valence-corrected chi connectivity index (χ1v) is 6.55. The van der Waals surface area contributed by atoms with Crippen molar-refractivity contribution < 1.29 is 8.78 Å². The SMILES string of the molecule is Cc1ccc(F)c(C(Cc2ccc(Cl)cc2F)NN)c1. The molecule has 0 aliphatic rings. The lowest BCUT2D eigenvalue weighted by Crippen LogP contribution is -2.30. The normalized spacial score (nSPS) is 12.4. The van der Waals surface area contributed by atoms with Crippen LogP contribution in [0.3, 0.4) is 0 Å². The molecule has 2 aromatic rings. The molecule has 2 rings (SSSR count). The maximum Gasteiger partial charge on any atom is 0.128 e. The Morgan fingerprint density at radius 1 is 1.15 bits per heavy atom. The highest BCUT2D eigenvalue weighted by Gasteiger charge is 2.17. The molecule has 0 saturated heterocycles. The summed E-state index contributed by atoms with van der Waals surface area (Å²) in [6, 6.07) is 8.66. The third-order valence-electron chi connectivity index (χ3n) is 3.17. The van der Waals surface area contributed by atoms with Gasteiger partial charge < -0.3 is 0 Å². The number of benzene rings is 2. The van der Waals surface area contributed by atoms with Crippen LogP contribution in [0.2, 0.25) is 5.02 Å². The summed E-state index contributed by atoms with van der Waals surface area (Å²) in [5.41, 5.74) is 4.30. The summed E-state index contributed by atoms with van der Waals surface area (Å²) in [5, 5.41) is 0.324. The lowest BCUT2D eigenvalue weighted by atomic mass is 9.97. The predicted octanol–water partition coefficient (Wildman–Crippen LogP) is 3.67. The van der Waals surface area contributed by atoms with Crippen LogP contribution in [0.4, 0.5) is 8.78 Å². The molecule has 0 saturated carbocycles. The number of hydrogen-bond donors (Lipinski definition) is 2. The topological polar surface area (TPSA) is 38.0 Å². The van der Waals surface area contributed by atoms with Crippen LogP contribution in [-0.4, -0.2) is 0 Å². The van der Waals surface area contributed by atoms with Gasteiger partial charge >= 0.3 is 0 Å². The molecule has 0 spiro atoms. The van der Waals surface area contributed by atoms with Crippen molar-refractivity contribution in [3.05, 3.63) is 69.7 Å². The van der Waals surface area contributed by atoms with Gasteiger partial charge in [0, 0.05) is 10.6 Å². The molecule has 106 valence electrons. The zero-order valence-electron chi connectivity index (χ0n) is 11.0. The number of halogens is 3. The molecule has 20 heavy (non-hydrogen) atoms. The minimum absolute atomic E-state index is 0.236. The van der Waals surface area contributed by atoms with E-state index in [0.29, 0.717) is 16.1 Å². The summed E-state index contributed by atoms with van der Waals surface area (Å²) < 4.78 is 27.7. The van der Waals surface area contributed by atoms with Crippen molar-refractivity contribution in [2.24, 2.45) is 5.84 Å². The molecule has 0 aliphatic heterocycles. The lowest BCUT2D eigenvalue weighted by Gasteiger charge is -2.18. The molecule has 2 aromatic carbocycles. The fourth-order valence-corrected chi connectivity index (χ4v) is 2.25. The third-order valence-corrected chi connectivity index (χ3v) is 3.40. The monoisotopic (exact) mass is 296 g/mol. The molecule has 0 bridgehead atoms. The second-order valence-corrected chi connectivity index (χ2v) is 5.12. The summed E-state index contributed by atoms with van der Waals surface area (Å²) in [6.45, 7) is 1.86. The van der Waals surface area contributed by atoms with Crippen molar-refractivity contribution in [2.75, 3.05) is 0 Å². The first-order valence-electron chi connectivity index (χ1n) is 6.17. The van der Waals surface area contributed by atoms with E-state index in [1.54, 1.807) is 24.3 Å². The Kier molecular flexibility index (Phi) is 4.70. The average molecular weight is 297 g/mol. The van der Waals surface area contributed by atoms with Crippen molar-refractivity contribution in [1.29, 1.82) is 0 Å². The Balaban J connectivity index is 2.31. The van der Waals surface area contributed by atoms with Crippen LogP contribution >= 0.6 is 11.6 Å². The van der Waals surface area contributed by atoms with Gasteiger partial charge in [-0.25, -0.2) is 8.78 Å². The van der Waals surface area contributed by atoms with Gasteiger partial charge in [-0.2, -0.15) is 0 Å². The fourth-order valence-electron chi connectivity index (χ4n) is 2.10. The Labute approximate surface area is 121 Å². The van der Waals surface area contributed by atoms with E-state index >= 15 is 0 Å². The minimum Gasteiger partial charge on any atom is -0.271 e. The molecule has 0 fully saturated rings. The molecule has 1 unspecified atom stereocenters. The van der Waals surface area contributed by atoms with E-state index in [0.717, 1.165) is 5.56 Å². The standard InChI is InChI=1S/C15H15ClF2N2/c1-9-2-5-13(17)12(6-9)15(20-19)7-10-3-4-11(16)8-14(10)18/h2-6,8,15,20H,7,19H2,1H3. The van der Waals surface area contributed by atoms with Crippen LogP contribution in [0.15, 0.2) is 36.4 Å². The van der Waals surface area contributed by atoms with E-state index in [9.17, 15) is 8.78 Å². The van der Waals surface area contributed by atoms with E-state index in [1.807, 2.05) is 6.92 Å². The summed E-state index contributed by atoms with van der Waals surface area (Å²) in [7, 11) is 0. The maximum absolute atomic E-state index is 13.9. The highest BCUT2D eigenvalue weighted by atomic mass is 35.5. The third kappa shape index (κ3) is 3.33. The average Bonchev–Trinajstić information content (AvgIpc) is 2.41. The Morgan fingerprint density at radius 2 is 1.90 bits per heavy atom. The predicted molar refractivity (Wildman–Crippen MR) is 76.3 cm³/mol. The number of nitrogens with two attached hydrogens (primary N) is 1. The number of hydrogen-bond acceptors (Lipinski definition) is 2. The first-order chi connectivity index (χ1) is 9.51. The summed E-state index contributed by atoms with van der Waals surface area (Å²) in [4.78, 5) is 0. The van der Waals surface area contributed by atoms with Crippen LogP contribution in [-0.2, 0) is 6.42 Å². The molecule has 3 N–H and O–H groups in total. The highest BCUT2D eigenvalue weighted by molar-refractivity contribution is 6.30. The van der Waals surface area contributed by atoms with Crippen molar-refractivity contribution >= 4 is 11.6 Å². The van der Waals surface area contributed by atoms with Crippen LogP contribution in [0, 0.1) is 18.6 Å². The summed E-state index contributed by atoms with van der Waals surface area (Å²) in [6.07, 6.45) is 0.236. The van der Waals surface area contributed by atoms with Crippen LogP contribution in [0.25, 0.3) is 0 Å². The molecular weight excluding hydrogens is 282 g/mol. The van der Waals surface area contributed by atoms with Gasteiger partial charge in [0.2, 0.25) is 0 Å². The molecule has 1 atom stereocenters. The Hall–Kier alpha value is -1.49. The molecule has 0 heterocycles. The zero-order chi connectivity index (χ0) is 14.7. The molecular formula is C15H15ClF2N2. The second kappa shape index (κ2) is 6.31. The van der Waals surface area contributed by atoms with Gasteiger partial charge in [0.15, 0.2) is 0 Å². The first kappa shape index (κ1) is 14.9. The van der Waals surface area contributed by atoms with E-state index in [2.05, 4.69) is 5.43 Å². The van der Waals surface area contributed by atoms with Crippen molar-refractivity contribution in [1.82, 2.24) is 5.43 Å². The van der Waals surface area contributed by atoms with Gasteiger partial charge in [0.05, 0.1) is 6.04 Å². The molecule has 5 heteroatoms. The smallest absolute Gasteiger partial charge is 0.128 e. The second-order valence-electron chi connectivity index (χ2n) is 4.68. The quantitative estimate of drug-likeness (QED) is 0.667.